The van der Waals surface area contributed by atoms with Crippen molar-refractivity contribution in [2.45, 2.75) is 112 Å². The fourth-order valence-corrected chi connectivity index (χ4v) is 11.8. The van der Waals surface area contributed by atoms with Crippen LogP contribution in [-0.4, -0.2) is 118 Å². The molecule has 0 aliphatic carbocycles. The molecule has 2 fully saturated rings. The summed E-state index contributed by atoms with van der Waals surface area (Å²) in [5, 5.41) is 0.481. The molecular weight excluding hydrogens is 1070 g/mol. The number of piperazine rings is 2. The van der Waals surface area contributed by atoms with E-state index < -0.39 is 40.9 Å². The summed E-state index contributed by atoms with van der Waals surface area (Å²) >= 11 is 0. The summed E-state index contributed by atoms with van der Waals surface area (Å²) in [4.78, 5) is 92.6. The predicted octanol–water partition coefficient (Wildman–Crippen LogP) is 10.3. The monoisotopic (exact) mass is 1140 g/mol. The highest BCUT2D eigenvalue weighted by molar-refractivity contribution is 5.94. The number of amides is 2. The van der Waals surface area contributed by atoms with Gasteiger partial charge >= 0.3 is 11.4 Å². The van der Waals surface area contributed by atoms with Crippen LogP contribution in [0.5, 0.6) is 5.75 Å². The highest BCUT2D eigenvalue weighted by Gasteiger charge is 2.37. The number of carbonyl (C=O) groups is 2. The summed E-state index contributed by atoms with van der Waals surface area (Å²) in [6.07, 6.45) is 5.99. The molecule has 0 spiro atoms. The van der Waals surface area contributed by atoms with Crippen molar-refractivity contribution in [1.82, 2.24) is 48.8 Å². The first-order valence-corrected chi connectivity index (χ1v) is 28.1. The van der Waals surface area contributed by atoms with Crippen molar-refractivity contribution < 1.29 is 27.5 Å². The molecule has 2 saturated heterocycles. The van der Waals surface area contributed by atoms with Crippen molar-refractivity contribution in [3.63, 3.8) is 0 Å². The molecule has 8 aromatic rings. The van der Waals surface area contributed by atoms with Gasteiger partial charge in [0.05, 0.1) is 46.3 Å². The Balaban J connectivity index is 1.01. The van der Waals surface area contributed by atoms with E-state index in [4.69, 9.17) is 19.7 Å². The molecule has 2 aliphatic rings. The van der Waals surface area contributed by atoms with Crippen molar-refractivity contribution in [1.29, 1.82) is 0 Å². The van der Waals surface area contributed by atoms with Crippen LogP contribution in [-0.2, 0) is 9.59 Å². The first kappa shape index (κ1) is 58.1. The Morgan fingerprint density at radius 3 is 1.73 bits per heavy atom. The average Bonchev–Trinajstić information content (AvgIpc) is 0.828. The number of anilines is 2. The number of ether oxygens (including phenoxy) is 1. The number of halogens is 3. The lowest BCUT2D eigenvalue weighted by Crippen LogP contribution is -2.58. The molecule has 0 radical (unpaired) electrons. The van der Waals surface area contributed by atoms with Crippen LogP contribution in [0.2, 0.25) is 0 Å². The molecule has 20 heteroatoms. The minimum atomic E-state index is -0.821. The third kappa shape index (κ3) is 10.4. The first-order chi connectivity index (χ1) is 40.0. The minimum absolute atomic E-state index is 0.0101. The molecule has 2 aromatic carbocycles. The summed E-state index contributed by atoms with van der Waals surface area (Å²) in [5.74, 6) is -2.35. The molecule has 6 aromatic heterocycles. The van der Waals surface area contributed by atoms with Gasteiger partial charge in [-0.25, -0.2) is 41.9 Å². The van der Waals surface area contributed by atoms with E-state index in [0.717, 1.165) is 5.56 Å². The number of benzene rings is 2. The quantitative estimate of drug-likeness (QED) is 0.106. The van der Waals surface area contributed by atoms with Crippen molar-refractivity contribution in [3.05, 3.63) is 164 Å². The Bertz CT molecular complexity index is 4120. The van der Waals surface area contributed by atoms with Gasteiger partial charge in [-0.2, -0.15) is 9.97 Å². The number of aromatic nitrogens is 8. The van der Waals surface area contributed by atoms with Crippen molar-refractivity contribution >= 4 is 51.6 Å². The third-order valence-electron chi connectivity index (χ3n) is 16.0. The largest absolute Gasteiger partial charge is 0.496 e. The summed E-state index contributed by atoms with van der Waals surface area (Å²) in [6, 6.07) is 15.9. The second kappa shape index (κ2) is 22.9. The number of aryl methyl sites for hydroxylation is 3. The maximum atomic E-state index is 16.7. The summed E-state index contributed by atoms with van der Waals surface area (Å²) < 4.78 is 57.4. The normalized spacial score (nSPS) is 17.6. The van der Waals surface area contributed by atoms with Gasteiger partial charge in [0, 0.05) is 73.7 Å². The second-order valence-electron chi connectivity index (χ2n) is 22.6. The highest BCUT2D eigenvalue weighted by Crippen LogP contribution is 2.39. The molecule has 2 amide bonds. The van der Waals surface area contributed by atoms with Gasteiger partial charge in [-0.3, -0.25) is 19.6 Å². The van der Waals surface area contributed by atoms with Crippen molar-refractivity contribution in [2.75, 3.05) is 43.1 Å². The zero-order valence-corrected chi connectivity index (χ0v) is 49.2. The molecule has 0 saturated carbocycles. The van der Waals surface area contributed by atoms with E-state index in [1.165, 1.54) is 52.7 Å². The Morgan fingerprint density at radius 2 is 1.17 bits per heavy atom. The van der Waals surface area contributed by atoms with Gasteiger partial charge in [0.25, 0.3) is 0 Å². The number of fused-ring (bicyclic) bond motifs is 2. The number of pyridine rings is 4. The maximum absolute atomic E-state index is 16.7. The van der Waals surface area contributed by atoms with E-state index in [0.29, 0.717) is 56.3 Å². The van der Waals surface area contributed by atoms with Crippen molar-refractivity contribution in [2.24, 2.45) is 0 Å². The standard InChI is InChI=1S/C64H67F3N12O5/c1-14-50(80)74-29-40(11)76(31-38(74)9)60-45-28-48(67)56(52-35(6)18-17-20-46(52)65)71-62(45)79(64(83)73-60)58-37(8)26-42(69-54(58)34(4)5)22-23-51(81)75-30-41(12)77(32-39(75)10)59-44-27-47(66)55(43-19-15-16-21-49(43)84-13)70-61(44)78(63(82)72-59)57-36(7)24-25-68-53(57)33(2)3/h14-28,33-34,38-41H,1,29-32H2,2-13H3/b23-22-. The minimum Gasteiger partial charge on any atom is -0.496 e. The van der Waals surface area contributed by atoms with Crippen LogP contribution in [0.15, 0.2) is 101 Å². The lowest BCUT2D eigenvalue weighted by Gasteiger charge is -2.44. The molecular formula is C64H67F3N12O5. The molecule has 10 rings (SSSR count). The van der Waals surface area contributed by atoms with Gasteiger partial charge in [-0.1, -0.05) is 58.5 Å². The van der Waals surface area contributed by atoms with Gasteiger partial charge in [0.15, 0.2) is 17.1 Å². The smallest absolute Gasteiger partial charge is 0.355 e. The third-order valence-corrected chi connectivity index (χ3v) is 16.0. The van der Waals surface area contributed by atoms with E-state index in [1.54, 1.807) is 78.4 Å². The Morgan fingerprint density at radius 1 is 0.619 bits per heavy atom. The molecule has 0 N–H and O–H groups in total. The highest BCUT2D eigenvalue weighted by atomic mass is 19.1. The van der Waals surface area contributed by atoms with Gasteiger partial charge in [0.2, 0.25) is 11.8 Å². The number of hydrogen-bond donors (Lipinski definition) is 0. The molecule has 8 heterocycles. The lowest BCUT2D eigenvalue weighted by atomic mass is 10.0. The van der Waals surface area contributed by atoms with E-state index in [-0.39, 0.29) is 107 Å². The number of para-hydroxylation sites is 1. The van der Waals surface area contributed by atoms with E-state index >= 15 is 13.2 Å². The van der Waals surface area contributed by atoms with E-state index in [9.17, 15) is 19.2 Å². The van der Waals surface area contributed by atoms with Crippen LogP contribution in [0.25, 0.3) is 62.0 Å². The maximum Gasteiger partial charge on any atom is 0.355 e. The first-order valence-electron chi connectivity index (χ1n) is 28.1. The SMILES string of the molecule is C=CC(=O)N1CC(C)N(c2nc(=O)n(-c3c(C)cc(/C=C\C(=O)N4CC(C)N(c5nc(=O)n(-c6c(C)ccnc6C(C)C)c6nc(-c7ccccc7OC)c(F)cc56)CC4C)nc3C(C)C)c3nc(-c4c(C)cccc4F)c(F)cc23)CC1C. The van der Waals surface area contributed by atoms with Gasteiger partial charge < -0.3 is 24.3 Å². The Labute approximate surface area is 484 Å². The van der Waals surface area contributed by atoms with Gasteiger partial charge in [-0.15, -0.1) is 0 Å². The zero-order valence-electron chi connectivity index (χ0n) is 49.2. The average molecular weight is 1140 g/mol. The summed E-state index contributed by atoms with van der Waals surface area (Å²) in [7, 11) is 1.50. The zero-order chi connectivity index (χ0) is 60.3. The number of methoxy groups -OCH3 is 1. The second-order valence-corrected chi connectivity index (χ2v) is 22.6. The van der Waals surface area contributed by atoms with Gasteiger partial charge in [0.1, 0.15) is 40.4 Å². The Kier molecular flexibility index (Phi) is 15.9. The molecule has 0 bridgehead atoms. The fraction of sp³-hybridized carbons (Fsp3) is 0.344. The van der Waals surface area contributed by atoms with Crippen molar-refractivity contribution in [3.8, 4) is 39.6 Å². The van der Waals surface area contributed by atoms with Crippen LogP contribution in [0, 0.1) is 38.2 Å². The van der Waals surface area contributed by atoms with Crippen LogP contribution < -0.4 is 25.9 Å². The molecule has 84 heavy (non-hydrogen) atoms. The predicted molar refractivity (Wildman–Crippen MR) is 321 cm³/mol. The van der Waals surface area contributed by atoms with Crippen LogP contribution in [0.4, 0.5) is 24.8 Å². The lowest BCUT2D eigenvalue weighted by molar-refractivity contribution is -0.129. The molecule has 17 nitrogen and oxygen atoms in total. The molecule has 2 aliphatic heterocycles. The van der Waals surface area contributed by atoms with E-state index in [1.807, 2.05) is 72.1 Å². The van der Waals surface area contributed by atoms with Crippen LogP contribution >= 0.6 is 0 Å². The van der Waals surface area contributed by atoms with Crippen LogP contribution in [0.3, 0.4) is 0 Å². The summed E-state index contributed by atoms with van der Waals surface area (Å²) in [6.45, 7) is 25.3. The molecule has 434 valence electrons. The fourth-order valence-electron chi connectivity index (χ4n) is 11.8. The topological polar surface area (TPSA) is 178 Å². The van der Waals surface area contributed by atoms with Crippen LogP contribution in [0.1, 0.15) is 101 Å². The van der Waals surface area contributed by atoms with Gasteiger partial charge in [-0.05, 0) is 132 Å². The molecule has 4 unspecified atom stereocenters. The number of carbonyl (C=O) groups excluding carboxylic acids is 2. The number of hydrogen-bond acceptors (Lipinski definition) is 13. The van der Waals surface area contributed by atoms with E-state index in [2.05, 4.69) is 21.5 Å². The number of rotatable bonds is 12. The molecule has 4 atom stereocenters. The summed E-state index contributed by atoms with van der Waals surface area (Å²) in [5.41, 5.74) is 2.98. The number of nitrogens with zero attached hydrogens (tertiary/aromatic N) is 12. The Hall–Kier alpha value is -9.07.